The van der Waals surface area contributed by atoms with Gasteiger partial charge in [-0.05, 0) is 75.2 Å². The second kappa shape index (κ2) is 8.10. The quantitative estimate of drug-likeness (QED) is 0.480. The first-order valence-corrected chi connectivity index (χ1v) is 12.9. The summed E-state index contributed by atoms with van der Waals surface area (Å²) in [5.41, 5.74) is -2.49. The Bertz CT molecular complexity index is 1000. The highest BCUT2D eigenvalue weighted by atomic mass is 16.7. The summed E-state index contributed by atoms with van der Waals surface area (Å²) in [6, 6.07) is 0. The number of carboxylic acids is 1. The van der Waals surface area contributed by atoms with Crippen molar-refractivity contribution in [1.29, 1.82) is 0 Å². The number of aliphatic carboxylic acids is 1. The summed E-state index contributed by atoms with van der Waals surface area (Å²) in [6.07, 6.45) is 4.99. The number of ether oxygens (including phenoxy) is 2. The van der Waals surface area contributed by atoms with Crippen LogP contribution in [0.3, 0.4) is 0 Å². The summed E-state index contributed by atoms with van der Waals surface area (Å²) in [5, 5.41) is 20.6. The Morgan fingerprint density at radius 2 is 1.80 bits per heavy atom. The van der Waals surface area contributed by atoms with Crippen molar-refractivity contribution < 1.29 is 34.1 Å². The molecule has 4 aliphatic carbocycles. The highest BCUT2D eigenvalue weighted by Crippen LogP contribution is 2.69. The van der Waals surface area contributed by atoms with Crippen molar-refractivity contribution in [3.63, 3.8) is 0 Å². The van der Waals surface area contributed by atoms with E-state index >= 15 is 0 Å². The van der Waals surface area contributed by atoms with Gasteiger partial charge in [0, 0.05) is 17.4 Å². The Kier molecular flexibility index (Phi) is 5.97. The van der Waals surface area contributed by atoms with E-state index in [4.69, 9.17) is 9.47 Å². The van der Waals surface area contributed by atoms with Gasteiger partial charge < -0.3 is 19.7 Å². The number of allylic oxidation sites excluding steroid dienone is 3. The molecular formula is C28H40O7. The molecule has 194 valence electrons. The van der Waals surface area contributed by atoms with E-state index < -0.39 is 40.6 Å². The van der Waals surface area contributed by atoms with Gasteiger partial charge >= 0.3 is 12.1 Å². The van der Waals surface area contributed by atoms with E-state index in [1.165, 1.54) is 6.08 Å². The summed E-state index contributed by atoms with van der Waals surface area (Å²) in [6.45, 7) is 13.4. The maximum absolute atomic E-state index is 13.2. The van der Waals surface area contributed by atoms with E-state index in [1.807, 2.05) is 41.5 Å². The van der Waals surface area contributed by atoms with Crippen LogP contribution in [0, 0.1) is 39.9 Å². The molecule has 35 heavy (non-hydrogen) atoms. The molecule has 4 aliphatic rings. The molecular weight excluding hydrogens is 448 g/mol. The monoisotopic (exact) mass is 488 g/mol. The number of aliphatic hydroxyl groups is 1. The number of fused-ring (bicyclic) bond motifs is 5. The van der Waals surface area contributed by atoms with Gasteiger partial charge in [0.25, 0.3) is 0 Å². The van der Waals surface area contributed by atoms with Crippen LogP contribution in [0.2, 0.25) is 0 Å². The van der Waals surface area contributed by atoms with E-state index in [1.54, 1.807) is 13.0 Å². The molecule has 7 nitrogen and oxygen atoms in total. The van der Waals surface area contributed by atoms with Crippen LogP contribution in [0.1, 0.15) is 80.6 Å². The van der Waals surface area contributed by atoms with Crippen molar-refractivity contribution in [2.45, 2.75) is 92.3 Å². The number of ketones is 1. The molecule has 0 spiro atoms. The van der Waals surface area contributed by atoms with Crippen molar-refractivity contribution in [2.24, 2.45) is 39.9 Å². The van der Waals surface area contributed by atoms with Gasteiger partial charge in [-0.1, -0.05) is 40.2 Å². The third kappa shape index (κ3) is 3.55. The summed E-state index contributed by atoms with van der Waals surface area (Å²) < 4.78 is 11.4. The molecule has 0 aromatic carbocycles. The maximum atomic E-state index is 13.2. The highest BCUT2D eigenvalue weighted by Gasteiger charge is 2.72. The van der Waals surface area contributed by atoms with Crippen LogP contribution in [0.25, 0.3) is 0 Å². The van der Waals surface area contributed by atoms with Gasteiger partial charge in [-0.25, -0.2) is 9.59 Å². The number of aliphatic hydroxyl groups excluding tert-OH is 1. The van der Waals surface area contributed by atoms with Crippen molar-refractivity contribution in [1.82, 2.24) is 0 Å². The molecule has 0 bridgehead atoms. The minimum absolute atomic E-state index is 0.00846. The summed E-state index contributed by atoms with van der Waals surface area (Å²) in [5.74, 6) is -1.41. The van der Waals surface area contributed by atoms with Crippen LogP contribution in [0.15, 0.2) is 23.5 Å². The Morgan fingerprint density at radius 3 is 2.40 bits per heavy atom. The summed E-state index contributed by atoms with van der Waals surface area (Å²) >= 11 is 0. The molecule has 0 aromatic heterocycles. The molecule has 4 rings (SSSR count). The second-order valence-electron chi connectivity index (χ2n) is 12.8. The van der Waals surface area contributed by atoms with Crippen LogP contribution in [0.5, 0.6) is 0 Å². The van der Waals surface area contributed by atoms with Gasteiger partial charge in [0.1, 0.15) is 11.9 Å². The van der Waals surface area contributed by atoms with E-state index in [-0.39, 0.29) is 34.7 Å². The van der Waals surface area contributed by atoms with Crippen molar-refractivity contribution in [3.8, 4) is 0 Å². The van der Waals surface area contributed by atoms with Crippen LogP contribution < -0.4 is 0 Å². The third-order valence-electron chi connectivity index (χ3n) is 10.3. The first kappa shape index (κ1) is 25.8. The van der Waals surface area contributed by atoms with Crippen molar-refractivity contribution in [2.75, 3.05) is 0 Å². The molecule has 0 radical (unpaired) electrons. The standard InChI is InChI=1S/C28H40O7/c1-15-12-21-19-9-8-17-13-18(29)14-22(30)27(17,7)20(19)10-11-26(21,6)28(15,23(31)32)35-24(33)34-16(2)25(3,4)5/h13-16,19-21,29H,8-12H2,1-7H3,(H,31,32)/t15?,16?,19-,20+,21+,26+,27+,28?/m1/s1. The number of carbonyl (C=O) groups is 3. The first-order chi connectivity index (χ1) is 16.1. The minimum atomic E-state index is -1.69. The molecule has 3 fully saturated rings. The molecule has 2 N–H and O–H groups in total. The van der Waals surface area contributed by atoms with Crippen LogP contribution in [-0.2, 0) is 19.1 Å². The van der Waals surface area contributed by atoms with Crippen LogP contribution in [0.4, 0.5) is 4.79 Å². The molecule has 0 aliphatic heterocycles. The van der Waals surface area contributed by atoms with Crippen LogP contribution >= 0.6 is 0 Å². The lowest BCUT2D eigenvalue weighted by atomic mass is 9.46. The fourth-order valence-corrected chi connectivity index (χ4v) is 7.81. The van der Waals surface area contributed by atoms with Gasteiger partial charge in [0.05, 0.1) is 5.41 Å². The third-order valence-corrected chi connectivity index (χ3v) is 10.3. The van der Waals surface area contributed by atoms with Gasteiger partial charge in [-0.3, -0.25) is 4.79 Å². The van der Waals surface area contributed by atoms with E-state index in [0.29, 0.717) is 25.7 Å². The van der Waals surface area contributed by atoms with E-state index in [2.05, 4.69) is 0 Å². The number of hydrogen-bond acceptors (Lipinski definition) is 6. The largest absolute Gasteiger partial charge is 0.509 e. The average molecular weight is 489 g/mol. The second-order valence-corrected chi connectivity index (χ2v) is 12.8. The fourth-order valence-electron chi connectivity index (χ4n) is 7.81. The fraction of sp³-hybridized carbons (Fsp3) is 0.750. The topological polar surface area (TPSA) is 110 Å². The lowest BCUT2D eigenvalue weighted by Gasteiger charge is -2.57. The van der Waals surface area contributed by atoms with E-state index in [0.717, 1.165) is 12.0 Å². The van der Waals surface area contributed by atoms with Crippen molar-refractivity contribution >= 4 is 17.9 Å². The predicted molar refractivity (Wildman–Crippen MR) is 130 cm³/mol. The molecule has 7 heteroatoms. The zero-order valence-corrected chi connectivity index (χ0v) is 22.0. The number of carbonyl (C=O) groups excluding carboxylic acids is 2. The lowest BCUT2D eigenvalue weighted by molar-refractivity contribution is -0.194. The summed E-state index contributed by atoms with van der Waals surface area (Å²) in [4.78, 5) is 39.0. The molecule has 0 amide bonds. The molecule has 8 atom stereocenters. The van der Waals surface area contributed by atoms with Crippen LogP contribution in [-0.4, -0.2) is 39.8 Å². The van der Waals surface area contributed by atoms with Gasteiger partial charge in [-0.15, -0.1) is 0 Å². The van der Waals surface area contributed by atoms with Gasteiger partial charge in [0.2, 0.25) is 5.60 Å². The molecule has 0 heterocycles. The normalized spacial score (nSPS) is 41.5. The zero-order chi connectivity index (χ0) is 26.1. The Balaban J connectivity index is 1.67. The smallest absolute Gasteiger partial charge is 0.508 e. The average Bonchev–Trinajstić information content (AvgIpc) is 2.96. The van der Waals surface area contributed by atoms with E-state index in [9.17, 15) is 24.6 Å². The Morgan fingerprint density at radius 1 is 1.14 bits per heavy atom. The van der Waals surface area contributed by atoms with Gasteiger partial charge in [0.15, 0.2) is 5.78 Å². The Labute approximate surface area is 207 Å². The number of rotatable bonds is 3. The highest BCUT2D eigenvalue weighted by molar-refractivity contribution is 5.99. The molecule has 3 saturated carbocycles. The minimum Gasteiger partial charge on any atom is -0.508 e. The molecule has 0 aromatic rings. The number of carboxylic acid groups (broad SMARTS) is 1. The lowest BCUT2D eigenvalue weighted by Crippen LogP contribution is -2.61. The predicted octanol–water partition coefficient (Wildman–Crippen LogP) is 5.84. The Hall–Kier alpha value is -2.31. The maximum Gasteiger partial charge on any atom is 0.509 e. The zero-order valence-electron chi connectivity index (χ0n) is 22.0. The summed E-state index contributed by atoms with van der Waals surface area (Å²) in [7, 11) is 0. The molecule has 3 unspecified atom stereocenters. The van der Waals surface area contributed by atoms with Crippen molar-refractivity contribution in [3.05, 3.63) is 23.5 Å². The SMILES string of the molecule is CC(OC(=O)OC1(C(=O)O)C(C)C[C@H]2[C@@H]3CCC4=CC(O)=CC(=O)[C@]4(C)[C@H]3CC[C@@]21C)C(C)(C)C. The van der Waals surface area contributed by atoms with Gasteiger partial charge in [-0.2, -0.15) is 0 Å². The molecule has 0 saturated heterocycles. The number of hydrogen-bond donors (Lipinski definition) is 2. The first-order valence-electron chi connectivity index (χ1n) is 12.9.